The number of hydrogen-bond donors (Lipinski definition) is 3. The largest absolute Gasteiger partial charge is 0.472 e. The van der Waals surface area contributed by atoms with Gasteiger partial charge in [-0.15, -0.1) is 0 Å². The van der Waals surface area contributed by atoms with Crippen LogP contribution in [0.15, 0.2) is 60.8 Å². The summed E-state index contributed by atoms with van der Waals surface area (Å²) in [5, 5.41) is 14.1. The summed E-state index contributed by atoms with van der Waals surface area (Å²) in [6, 6.07) is -0.767. The van der Waals surface area contributed by atoms with Crippen molar-refractivity contribution in [3.8, 4) is 0 Å². The molecule has 0 saturated carbocycles. The quantitative estimate of drug-likeness (QED) is 0.0243. The third-order valence-corrected chi connectivity index (χ3v) is 13.3. The standard InChI is InChI=1S/C57H107N2O6P/c1-6-8-10-12-14-16-18-20-22-24-26-27-28-29-30-31-33-35-37-39-41-43-45-47-49-51-57(61)58-55(54-65-66(62,63)64-53-52-59(3,4)5)56(60)50-48-46-44-42-40-38-36-34-32-25-23-21-19-17-15-13-11-9-7-2/h8,10,14,16,20,22,26-27,29-30,55-56,60H,6-7,9,11-13,15,17-19,21,23-25,28,31-54H2,1-5H3,(H-,58,61,62,63)/p+1/b10-8-,16-14-,22-20-,27-26-,30-29-. The number of aliphatic hydroxyl groups excluding tert-OH is 1. The van der Waals surface area contributed by atoms with Crippen molar-refractivity contribution in [2.45, 2.75) is 257 Å². The monoisotopic (exact) mass is 948 g/mol. The van der Waals surface area contributed by atoms with E-state index in [1.165, 1.54) is 141 Å². The van der Waals surface area contributed by atoms with Crippen LogP contribution < -0.4 is 5.32 Å². The van der Waals surface area contributed by atoms with Gasteiger partial charge in [-0.1, -0.05) is 242 Å². The third-order valence-electron chi connectivity index (χ3n) is 12.3. The molecule has 8 nitrogen and oxygen atoms in total. The third kappa shape index (κ3) is 50.1. The number of carbonyl (C=O) groups is 1. The summed E-state index contributed by atoms with van der Waals surface area (Å²) < 4.78 is 23.8. The van der Waals surface area contributed by atoms with E-state index in [0.717, 1.165) is 77.0 Å². The molecular formula is C57H108N2O6P+. The van der Waals surface area contributed by atoms with Crippen molar-refractivity contribution in [3.05, 3.63) is 60.8 Å². The highest BCUT2D eigenvalue weighted by Crippen LogP contribution is 2.43. The number of phosphoric acid groups is 1. The molecule has 0 aliphatic heterocycles. The maximum Gasteiger partial charge on any atom is 0.472 e. The van der Waals surface area contributed by atoms with E-state index in [1.54, 1.807) is 0 Å². The van der Waals surface area contributed by atoms with Crippen molar-refractivity contribution in [2.75, 3.05) is 40.9 Å². The van der Waals surface area contributed by atoms with Crippen LogP contribution >= 0.6 is 7.82 Å². The SMILES string of the molecule is CC/C=C\C/C=C\C/C=C\C/C=C\C/C=C\CCCCCCCCCCCC(=O)NC(COP(=O)(O)OCC[N+](C)(C)C)C(O)CCCCCCCCCCCCCCCCCCCCC. The molecule has 0 aromatic rings. The van der Waals surface area contributed by atoms with Crippen LogP contribution in [0.4, 0.5) is 0 Å². The molecule has 0 aliphatic carbocycles. The number of nitrogens with one attached hydrogen (secondary N) is 1. The number of likely N-dealkylation sites (N-methyl/N-ethyl adjacent to an activating group) is 1. The summed E-state index contributed by atoms with van der Waals surface area (Å²) >= 11 is 0. The van der Waals surface area contributed by atoms with Crippen LogP contribution in [-0.4, -0.2) is 73.4 Å². The van der Waals surface area contributed by atoms with Crippen LogP contribution in [0.3, 0.4) is 0 Å². The maximum atomic E-state index is 13.0. The van der Waals surface area contributed by atoms with Crippen molar-refractivity contribution in [1.82, 2.24) is 5.32 Å². The number of nitrogens with zero attached hydrogens (tertiary/aromatic N) is 1. The summed E-state index contributed by atoms with van der Waals surface area (Å²) in [6.45, 7) is 4.79. The Morgan fingerprint density at radius 3 is 1.33 bits per heavy atom. The van der Waals surface area contributed by atoms with E-state index in [9.17, 15) is 19.4 Å². The second-order valence-corrected chi connectivity index (χ2v) is 21.4. The second kappa shape index (κ2) is 48.2. The van der Waals surface area contributed by atoms with E-state index < -0.39 is 20.0 Å². The van der Waals surface area contributed by atoms with Gasteiger partial charge in [0.05, 0.1) is 39.9 Å². The maximum absolute atomic E-state index is 13.0. The van der Waals surface area contributed by atoms with Gasteiger partial charge in [0.25, 0.3) is 0 Å². The Kier molecular flexibility index (Phi) is 46.9. The molecule has 0 fully saturated rings. The van der Waals surface area contributed by atoms with Crippen LogP contribution in [-0.2, 0) is 18.4 Å². The molecule has 0 aliphatic rings. The highest BCUT2D eigenvalue weighted by atomic mass is 31.2. The number of quaternary nitrogens is 1. The van der Waals surface area contributed by atoms with E-state index in [-0.39, 0.29) is 19.1 Å². The molecule has 9 heteroatoms. The Balaban J connectivity index is 4.22. The summed E-state index contributed by atoms with van der Waals surface area (Å²) in [4.78, 5) is 23.3. The molecule has 3 unspecified atom stereocenters. The summed E-state index contributed by atoms with van der Waals surface area (Å²) in [5.41, 5.74) is 0. The summed E-state index contributed by atoms with van der Waals surface area (Å²) in [7, 11) is 1.61. The van der Waals surface area contributed by atoms with Gasteiger partial charge in [-0.25, -0.2) is 4.57 Å². The normalized spacial score (nSPS) is 14.5. The molecule has 1 amide bonds. The van der Waals surface area contributed by atoms with E-state index in [1.807, 2.05) is 21.1 Å². The molecule has 0 heterocycles. The second-order valence-electron chi connectivity index (χ2n) is 19.9. The Bertz CT molecular complexity index is 1260. The topological polar surface area (TPSA) is 105 Å². The lowest BCUT2D eigenvalue weighted by Crippen LogP contribution is -2.46. The van der Waals surface area contributed by atoms with Gasteiger partial charge in [0.1, 0.15) is 13.2 Å². The zero-order chi connectivity index (χ0) is 48.5. The van der Waals surface area contributed by atoms with Crippen molar-refractivity contribution in [1.29, 1.82) is 0 Å². The number of allylic oxidation sites excluding steroid dienone is 10. The first-order valence-electron chi connectivity index (χ1n) is 27.7. The smallest absolute Gasteiger partial charge is 0.391 e. The predicted molar refractivity (Wildman–Crippen MR) is 286 cm³/mol. The molecule has 0 spiro atoms. The minimum Gasteiger partial charge on any atom is -0.391 e. The van der Waals surface area contributed by atoms with E-state index >= 15 is 0 Å². The molecule has 0 radical (unpaired) electrons. The minimum absolute atomic E-state index is 0.0714. The van der Waals surface area contributed by atoms with E-state index in [2.05, 4.69) is 79.9 Å². The van der Waals surface area contributed by atoms with E-state index in [0.29, 0.717) is 23.9 Å². The Morgan fingerprint density at radius 2 is 0.909 bits per heavy atom. The summed E-state index contributed by atoms with van der Waals surface area (Å²) in [5.74, 6) is -0.151. The van der Waals surface area contributed by atoms with Gasteiger partial charge in [0, 0.05) is 6.42 Å². The zero-order valence-electron chi connectivity index (χ0n) is 43.9. The molecule has 0 aromatic heterocycles. The first kappa shape index (κ1) is 64.2. The fourth-order valence-electron chi connectivity index (χ4n) is 7.96. The molecule has 3 N–H and O–H groups in total. The molecular weight excluding hydrogens is 840 g/mol. The van der Waals surface area contributed by atoms with Crippen LogP contribution in [0, 0.1) is 0 Å². The van der Waals surface area contributed by atoms with Crippen molar-refractivity contribution < 1.29 is 32.9 Å². The first-order chi connectivity index (χ1) is 32.0. The first-order valence-corrected chi connectivity index (χ1v) is 29.1. The summed E-state index contributed by atoms with van der Waals surface area (Å²) in [6.07, 6.45) is 64.0. The average Bonchev–Trinajstić information content (AvgIpc) is 3.28. The number of rotatable bonds is 50. The Hall–Kier alpha value is -1.80. The fraction of sp³-hybridized carbons (Fsp3) is 0.807. The van der Waals surface area contributed by atoms with Gasteiger partial charge in [-0.2, -0.15) is 0 Å². The highest BCUT2D eigenvalue weighted by Gasteiger charge is 2.28. The van der Waals surface area contributed by atoms with Crippen molar-refractivity contribution in [2.24, 2.45) is 0 Å². The number of hydrogen-bond acceptors (Lipinski definition) is 5. The molecule has 0 rings (SSSR count). The van der Waals surface area contributed by atoms with E-state index in [4.69, 9.17) is 9.05 Å². The zero-order valence-corrected chi connectivity index (χ0v) is 44.8. The number of aliphatic hydroxyl groups is 1. The van der Waals surface area contributed by atoms with Gasteiger partial charge in [-0.3, -0.25) is 13.8 Å². The van der Waals surface area contributed by atoms with Gasteiger partial charge in [0.15, 0.2) is 0 Å². The average molecular weight is 948 g/mol. The molecule has 66 heavy (non-hydrogen) atoms. The van der Waals surface area contributed by atoms with Crippen molar-refractivity contribution in [3.63, 3.8) is 0 Å². The predicted octanol–water partition coefficient (Wildman–Crippen LogP) is 16.5. The lowest BCUT2D eigenvalue weighted by molar-refractivity contribution is -0.870. The van der Waals surface area contributed by atoms with Crippen LogP contribution in [0.5, 0.6) is 0 Å². The number of carbonyl (C=O) groups excluding carboxylic acids is 1. The minimum atomic E-state index is -4.33. The van der Waals surface area contributed by atoms with Crippen LogP contribution in [0.25, 0.3) is 0 Å². The Morgan fingerprint density at radius 1 is 0.530 bits per heavy atom. The van der Waals surface area contributed by atoms with Crippen LogP contribution in [0.2, 0.25) is 0 Å². The molecule has 3 atom stereocenters. The number of phosphoric ester groups is 1. The van der Waals surface area contributed by atoms with Gasteiger partial charge < -0.3 is 19.8 Å². The fourth-order valence-corrected chi connectivity index (χ4v) is 8.69. The highest BCUT2D eigenvalue weighted by molar-refractivity contribution is 7.47. The number of amides is 1. The molecule has 0 saturated heterocycles. The lowest BCUT2D eigenvalue weighted by Gasteiger charge is -2.26. The van der Waals surface area contributed by atoms with Gasteiger partial charge >= 0.3 is 7.82 Å². The lowest BCUT2D eigenvalue weighted by atomic mass is 10.0. The Labute approximate surface area is 409 Å². The molecule has 0 aromatic carbocycles. The molecule has 386 valence electrons. The van der Waals surface area contributed by atoms with Gasteiger partial charge in [0.2, 0.25) is 5.91 Å². The molecule has 0 bridgehead atoms. The van der Waals surface area contributed by atoms with Crippen LogP contribution in [0.1, 0.15) is 245 Å². The van der Waals surface area contributed by atoms with Crippen molar-refractivity contribution >= 4 is 13.7 Å². The van der Waals surface area contributed by atoms with Gasteiger partial charge in [-0.05, 0) is 57.8 Å². The number of unbranched alkanes of at least 4 members (excludes halogenated alkanes) is 27.